The predicted molar refractivity (Wildman–Crippen MR) is 85.3 cm³/mol. The van der Waals surface area contributed by atoms with Crippen LogP contribution >= 0.6 is 0 Å². The van der Waals surface area contributed by atoms with Gasteiger partial charge in [0.25, 0.3) is 5.91 Å². The third-order valence-electron chi connectivity index (χ3n) is 3.21. The Labute approximate surface area is 129 Å². The van der Waals surface area contributed by atoms with Crippen LogP contribution in [0.5, 0.6) is 0 Å². The van der Waals surface area contributed by atoms with Crippen molar-refractivity contribution in [1.82, 2.24) is 4.98 Å². The fraction of sp³-hybridized carbons (Fsp3) is 0.375. The maximum absolute atomic E-state index is 12.1. The Kier molecular flexibility index (Phi) is 4.82. The second-order valence-electron chi connectivity index (χ2n) is 5.58. The fourth-order valence-electron chi connectivity index (χ4n) is 2.30. The molecule has 0 aliphatic heterocycles. The molecule has 6 heteroatoms. The number of rotatable bonds is 5. The van der Waals surface area contributed by atoms with Crippen LogP contribution < -0.4 is 10.2 Å². The number of aromatic nitrogens is 1. The molecule has 1 amide bonds. The summed E-state index contributed by atoms with van der Waals surface area (Å²) in [6, 6.07) is 5.77. The van der Waals surface area contributed by atoms with Crippen molar-refractivity contribution in [2.24, 2.45) is 0 Å². The first-order chi connectivity index (χ1) is 10.4. The molecule has 0 unspecified atom stereocenters. The zero-order valence-corrected chi connectivity index (χ0v) is 13.4. The van der Waals surface area contributed by atoms with Crippen molar-refractivity contribution in [2.45, 2.75) is 13.8 Å². The smallest absolute Gasteiger partial charge is 0.356 e. The molecular weight excluding hydrogens is 282 g/mol. The first-order valence-corrected chi connectivity index (χ1v) is 7.30. The second-order valence-corrected chi connectivity index (χ2v) is 5.58. The first kappa shape index (κ1) is 16.0. The van der Waals surface area contributed by atoms with Crippen LogP contribution in [0.15, 0.2) is 18.2 Å². The molecule has 118 valence electrons. The number of hydrogen-bond acceptors (Lipinski definition) is 3. The van der Waals surface area contributed by atoms with Crippen LogP contribution in [0.3, 0.4) is 0 Å². The highest BCUT2D eigenvalue weighted by Gasteiger charge is 2.21. The van der Waals surface area contributed by atoms with Crippen LogP contribution in [0.2, 0.25) is 0 Å². The number of amides is 1. The molecule has 2 rings (SSSR count). The Balaban J connectivity index is 2.46. The van der Waals surface area contributed by atoms with Gasteiger partial charge in [0.05, 0.1) is 26.4 Å². The third kappa shape index (κ3) is 3.46. The maximum atomic E-state index is 12.1. The number of esters is 1. The Morgan fingerprint density at radius 2 is 2.05 bits per heavy atom. The van der Waals surface area contributed by atoms with Gasteiger partial charge in [0, 0.05) is 10.9 Å². The number of benzene rings is 1. The summed E-state index contributed by atoms with van der Waals surface area (Å²) >= 11 is 0. The maximum Gasteiger partial charge on any atom is 0.356 e. The first-order valence-electron chi connectivity index (χ1n) is 7.30. The van der Waals surface area contributed by atoms with Gasteiger partial charge in [-0.25, -0.2) is 4.79 Å². The van der Waals surface area contributed by atoms with E-state index in [-0.39, 0.29) is 18.2 Å². The minimum absolute atomic E-state index is 0.145. The number of likely N-dealkylation sites (N-methyl/N-ethyl adjacent to an activating group) is 1. The van der Waals surface area contributed by atoms with E-state index in [1.54, 1.807) is 6.92 Å². The SMILES string of the molecule is CCOC(=O)c1[nH]c2ccc(C)cc2c1NC(=O)C[NH+](C)C. The molecule has 1 aromatic heterocycles. The van der Waals surface area contributed by atoms with E-state index in [0.717, 1.165) is 21.4 Å². The lowest BCUT2D eigenvalue weighted by molar-refractivity contribution is -0.849. The molecular formula is C16H22N3O3+. The normalized spacial score (nSPS) is 11.0. The molecule has 22 heavy (non-hydrogen) atoms. The zero-order chi connectivity index (χ0) is 16.3. The third-order valence-corrected chi connectivity index (χ3v) is 3.21. The summed E-state index contributed by atoms with van der Waals surface area (Å²) in [5, 5.41) is 3.65. The highest BCUT2D eigenvalue weighted by atomic mass is 16.5. The number of nitrogens with one attached hydrogen (secondary N) is 3. The lowest BCUT2D eigenvalue weighted by Gasteiger charge is -2.09. The van der Waals surface area contributed by atoms with Gasteiger partial charge in [-0.1, -0.05) is 11.6 Å². The number of H-pyrrole nitrogens is 1. The quantitative estimate of drug-likeness (QED) is 0.713. The summed E-state index contributed by atoms with van der Waals surface area (Å²) < 4.78 is 5.06. The van der Waals surface area contributed by atoms with E-state index in [0.29, 0.717) is 12.2 Å². The van der Waals surface area contributed by atoms with Gasteiger partial charge >= 0.3 is 5.97 Å². The highest BCUT2D eigenvalue weighted by molar-refractivity contribution is 6.11. The van der Waals surface area contributed by atoms with Crippen molar-refractivity contribution < 1.29 is 19.2 Å². The summed E-state index contributed by atoms with van der Waals surface area (Å²) in [4.78, 5) is 28.2. The Hall–Kier alpha value is -2.34. The molecule has 0 bridgehead atoms. The van der Waals surface area contributed by atoms with Crippen LogP contribution in [-0.4, -0.2) is 44.1 Å². The van der Waals surface area contributed by atoms with E-state index >= 15 is 0 Å². The summed E-state index contributed by atoms with van der Waals surface area (Å²) in [6.07, 6.45) is 0. The summed E-state index contributed by atoms with van der Waals surface area (Å²) in [6.45, 7) is 4.31. The topological polar surface area (TPSA) is 75.6 Å². The van der Waals surface area contributed by atoms with E-state index < -0.39 is 5.97 Å². The number of hydrogen-bond donors (Lipinski definition) is 3. The van der Waals surface area contributed by atoms with Crippen molar-refractivity contribution >= 4 is 28.5 Å². The molecule has 1 heterocycles. The Morgan fingerprint density at radius 1 is 1.32 bits per heavy atom. The number of aryl methyl sites for hydroxylation is 1. The molecule has 0 saturated heterocycles. The molecule has 2 aromatic rings. The van der Waals surface area contributed by atoms with Gasteiger partial charge in [-0.05, 0) is 26.0 Å². The highest BCUT2D eigenvalue weighted by Crippen LogP contribution is 2.29. The summed E-state index contributed by atoms with van der Waals surface area (Å²) in [5.74, 6) is -0.614. The molecule has 0 aliphatic rings. The monoisotopic (exact) mass is 304 g/mol. The zero-order valence-electron chi connectivity index (χ0n) is 13.4. The summed E-state index contributed by atoms with van der Waals surface area (Å²) in [5.41, 5.74) is 2.62. The van der Waals surface area contributed by atoms with E-state index in [1.165, 1.54) is 0 Å². The predicted octanol–water partition coefficient (Wildman–Crippen LogP) is 0.736. The Morgan fingerprint density at radius 3 is 2.68 bits per heavy atom. The largest absolute Gasteiger partial charge is 0.461 e. The van der Waals surface area contributed by atoms with Crippen LogP contribution in [0.1, 0.15) is 23.0 Å². The molecule has 3 N–H and O–H groups in total. The number of quaternary nitrogens is 1. The van der Waals surface area contributed by atoms with E-state index in [4.69, 9.17) is 4.74 Å². The van der Waals surface area contributed by atoms with Crippen LogP contribution in [-0.2, 0) is 9.53 Å². The van der Waals surface area contributed by atoms with E-state index in [1.807, 2.05) is 39.2 Å². The molecule has 0 spiro atoms. The van der Waals surface area contributed by atoms with Crippen molar-refractivity contribution in [1.29, 1.82) is 0 Å². The standard InChI is InChI=1S/C16H21N3O3/c1-5-22-16(21)15-14(18-13(20)9-19(3)4)11-8-10(2)6-7-12(11)17-15/h6-8,17H,5,9H2,1-4H3,(H,18,20)/p+1. The van der Waals surface area contributed by atoms with E-state index in [2.05, 4.69) is 10.3 Å². The minimum Gasteiger partial charge on any atom is -0.461 e. The number of anilines is 1. The van der Waals surface area contributed by atoms with Gasteiger partial charge in [-0.2, -0.15) is 0 Å². The van der Waals surface area contributed by atoms with Gasteiger partial charge in [-0.3, -0.25) is 4.79 Å². The number of carbonyl (C=O) groups excluding carboxylic acids is 2. The molecule has 0 atom stereocenters. The van der Waals surface area contributed by atoms with Gasteiger partial charge in [0.2, 0.25) is 0 Å². The lowest BCUT2D eigenvalue weighted by atomic mass is 10.1. The molecule has 6 nitrogen and oxygen atoms in total. The molecule has 0 aliphatic carbocycles. The van der Waals surface area contributed by atoms with Crippen molar-refractivity contribution in [3.63, 3.8) is 0 Å². The van der Waals surface area contributed by atoms with Crippen LogP contribution in [0.25, 0.3) is 10.9 Å². The van der Waals surface area contributed by atoms with Gasteiger partial charge < -0.3 is 19.9 Å². The molecule has 1 aromatic carbocycles. The Bertz CT molecular complexity index is 704. The van der Waals surface area contributed by atoms with Crippen LogP contribution in [0.4, 0.5) is 5.69 Å². The summed E-state index contributed by atoms with van der Waals surface area (Å²) in [7, 11) is 3.79. The van der Waals surface area contributed by atoms with Crippen molar-refractivity contribution in [3.05, 3.63) is 29.5 Å². The van der Waals surface area contributed by atoms with Crippen molar-refractivity contribution in [2.75, 3.05) is 32.6 Å². The van der Waals surface area contributed by atoms with Gasteiger partial charge in [-0.15, -0.1) is 0 Å². The second kappa shape index (κ2) is 6.62. The fourth-order valence-corrected chi connectivity index (χ4v) is 2.30. The van der Waals surface area contributed by atoms with Crippen molar-refractivity contribution in [3.8, 4) is 0 Å². The average Bonchev–Trinajstić information content (AvgIpc) is 2.76. The van der Waals surface area contributed by atoms with Gasteiger partial charge in [0.1, 0.15) is 5.69 Å². The molecule has 0 fully saturated rings. The minimum atomic E-state index is -0.469. The number of carbonyl (C=O) groups is 2. The molecule has 0 radical (unpaired) electrons. The van der Waals surface area contributed by atoms with Crippen LogP contribution in [0, 0.1) is 6.92 Å². The van der Waals surface area contributed by atoms with Gasteiger partial charge in [0.15, 0.2) is 6.54 Å². The average molecular weight is 304 g/mol. The van der Waals surface area contributed by atoms with E-state index in [9.17, 15) is 9.59 Å². The lowest BCUT2D eigenvalue weighted by Crippen LogP contribution is -3.06. The number of aromatic amines is 1. The number of ether oxygens (including phenoxy) is 1. The number of fused-ring (bicyclic) bond motifs is 1. The molecule has 0 saturated carbocycles.